The lowest BCUT2D eigenvalue weighted by Gasteiger charge is -2.24. The molecule has 1 saturated carbocycles. The number of anilines is 1. The molecule has 2 aromatic rings. The van der Waals surface area contributed by atoms with Crippen LogP contribution in [0.4, 0.5) is 5.69 Å². The first-order valence-electron chi connectivity index (χ1n) is 10.2. The number of nitrogens with one attached hydrogen (secondary N) is 1. The zero-order valence-electron chi connectivity index (χ0n) is 17.8. The number of rotatable bonds is 5. The third-order valence-corrected chi connectivity index (χ3v) is 6.21. The highest BCUT2D eigenvalue weighted by Gasteiger charge is 2.53. The van der Waals surface area contributed by atoms with E-state index < -0.39 is 0 Å². The summed E-state index contributed by atoms with van der Waals surface area (Å²) in [4.78, 5) is 12.9. The molecule has 0 radical (unpaired) electrons. The standard InChI is InChI=1S/C25H33NO/c1-15(2)21-12-20(19-10-8-9-17(5)11-19)13-22(16(3)4)23(21)26-24(27)25(7)14-18(25)6/h8-13,15-16,18H,14H2,1-7H3,(H,26,27). The first kappa shape index (κ1) is 19.7. The van der Waals surface area contributed by atoms with E-state index in [-0.39, 0.29) is 11.3 Å². The third kappa shape index (κ3) is 3.81. The quantitative estimate of drug-likeness (QED) is 0.615. The Labute approximate surface area is 164 Å². The summed E-state index contributed by atoms with van der Waals surface area (Å²) in [6.07, 6.45) is 0.980. The lowest BCUT2D eigenvalue weighted by atomic mass is 9.88. The molecule has 0 aromatic heterocycles. The highest BCUT2D eigenvalue weighted by Crippen LogP contribution is 2.52. The average molecular weight is 364 g/mol. The first-order valence-corrected chi connectivity index (χ1v) is 10.2. The van der Waals surface area contributed by atoms with E-state index in [1.165, 1.54) is 27.8 Å². The molecule has 1 fully saturated rings. The molecule has 1 amide bonds. The van der Waals surface area contributed by atoms with Crippen LogP contribution in [0.5, 0.6) is 0 Å². The molecule has 2 aromatic carbocycles. The summed E-state index contributed by atoms with van der Waals surface area (Å²) in [6, 6.07) is 13.2. The van der Waals surface area contributed by atoms with Gasteiger partial charge in [0, 0.05) is 11.1 Å². The van der Waals surface area contributed by atoms with Crippen LogP contribution in [0, 0.1) is 18.3 Å². The van der Waals surface area contributed by atoms with Crippen LogP contribution in [-0.4, -0.2) is 5.91 Å². The fraction of sp³-hybridized carbons (Fsp3) is 0.480. The van der Waals surface area contributed by atoms with E-state index in [1.807, 2.05) is 0 Å². The molecular weight excluding hydrogens is 330 g/mol. The van der Waals surface area contributed by atoms with Gasteiger partial charge in [0.2, 0.25) is 5.91 Å². The third-order valence-electron chi connectivity index (χ3n) is 6.21. The van der Waals surface area contributed by atoms with Crippen molar-refractivity contribution in [2.75, 3.05) is 5.32 Å². The van der Waals surface area contributed by atoms with Crippen molar-refractivity contribution >= 4 is 11.6 Å². The molecule has 27 heavy (non-hydrogen) atoms. The van der Waals surface area contributed by atoms with Gasteiger partial charge in [-0.15, -0.1) is 0 Å². The van der Waals surface area contributed by atoms with Gasteiger partial charge in [-0.1, -0.05) is 71.4 Å². The summed E-state index contributed by atoms with van der Waals surface area (Å²) in [5.74, 6) is 1.31. The summed E-state index contributed by atoms with van der Waals surface area (Å²) in [7, 11) is 0. The Hall–Kier alpha value is -2.09. The van der Waals surface area contributed by atoms with E-state index >= 15 is 0 Å². The van der Waals surface area contributed by atoms with Gasteiger partial charge in [-0.05, 0) is 65.5 Å². The van der Waals surface area contributed by atoms with Gasteiger partial charge in [-0.3, -0.25) is 4.79 Å². The second-order valence-electron chi connectivity index (χ2n) is 9.19. The van der Waals surface area contributed by atoms with Gasteiger partial charge < -0.3 is 5.32 Å². The molecule has 1 N–H and O–H groups in total. The van der Waals surface area contributed by atoms with Crippen molar-refractivity contribution in [2.24, 2.45) is 11.3 Å². The fourth-order valence-corrected chi connectivity index (χ4v) is 3.88. The largest absolute Gasteiger partial charge is 0.325 e. The molecule has 0 bridgehead atoms. The van der Waals surface area contributed by atoms with Crippen LogP contribution >= 0.6 is 0 Å². The van der Waals surface area contributed by atoms with E-state index in [0.717, 1.165) is 12.1 Å². The molecule has 1 aliphatic carbocycles. The number of amides is 1. The van der Waals surface area contributed by atoms with Gasteiger partial charge in [0.15, 0.2) is 0 Å². The second-order valence-corrected chi connectivity index (χ2v) is 9.19. The summed E-state index contributed by atoms with van der Waals surface area (Å²) in [5.41, 5.74) is 7.00. The van der Waals surface area contributed by atoms with Crippen LogP contribution < -0.4 is 5.32 Å². The Morgan fingerprint density at radius 2 is 1.59 bits per heavy atom. The Balaban J connectivity index is 2.10. The highest BCUT2D eigenvalue weighted by atomic mass is 16.2. The fourth-order valence-electron chi connectivity index (χ4n) is 3.88. The molecule has 1 aliphatic rings. The minimum absolute atomic E-state index is 0.169. The van der Waals surface area contributed by atoms with E-state index in [1.54, 1.807) is 0 Å². The highest BCUT2D eigenvalue weighted by molar-refractivity contribution is 5.99. The monoisotopic (exact) mass is 363 g/mol. The maximum Gasteiger partial charge on any atom is 0.230 e. The molecule has 2 unspecified atom stereocenters. The van der Waals surface area contributed by atoms with Crippen molar-refractivity contribution in [3.8, 4) is 11.1 Å². The molecule has 2 atom stereocenters. The summed E-state index contributed by atoms with van der Waals surface area (Å²) in [6.45, 7) is 15.2. The van der Waals surface area contributed by atoms with E-state index in [4.69, 9.17) is 0 Å². The lowest BCUT2D eigenvalue weighted by Crippen LogP contribution is -2.24. The minimum Gasteiger partial charge on any atom is -0.325 e. The van der Waals surface area contributed by atoms with Gasteiger partial charge in [-0.2, -0.15) is 0 Å². The maximum atomic E-state index is 12.9. The van der Waals surface area contributed by atoms with Crippen LogP contribution in [0.25, 0.3) is 11.1 Å². The molecular formula is C25H33NO. The second kappa shape index (κ2) is 7.14. The Morgan fingerprint density at radius 1 is 1.04 bits per heavy atom. The van der Waals surface area contributed by atoms with Crippen molar-refractivity contribution in [2.45, 2.75) is 66.7 Å². The zero-order valence-corrected chi connectivity index (χ0v) is 17.8. The van der Waals surface area contributed by atoms with Crippen molar-refractivity contribution in [1.29, 1.82) is 0 Å². The van der Waals surface area contributed by atoms with Gasteiger partial charge >= 0.3 is 0 Å². The topological polar surface area (TPSA) is 29.1 Å². The Bertz CT molecular complexity index is 835. The molecule has 0 aliphatic heterocycles. The molecule has 0 heterocycles. The van der Waals surface area contributed by atoms with E-state index in [2.05, 4.69) is 90.2 Å². The lowest BCUT2D eigenvalue weighted by molar-refractivity contribution is -0.121. The molecule has 0 saturated heterocycles. The Kier molecular flexibility index (Phi) is 5.20. The van der Waals surface area contributed by atoms with E-state index in [0.29, 0.717) is 17.8 Å². The normalized spacial score (nSPS) is 21.6. The predicted octanol–water partition coefficient (Wildman–Crippen LogP) is 6.89. The van der Waals surface area contributed by atoms with Crippen LogP contribution in [0.1, 0.15) is 76.5 Å². The predicted molar refractivity (Wildman–Crippen MR) is 115 cm³/mol. The number of benzene rings is 2. The van der Waals surface area contributed by atoms with E-state index in [9.17, 15) is 4.79 Å². The SMILES string of the molecule is Cc1cccc(-c2cc(C(C)C)c(NC(=O)C3(C)CC3C)c(C(C)C)c2)c1. The number of carbonyl (C=O) groups excluding carboxylic acids is 1. The van der Waals surface area contributed by atoms with Gasteiger partial charge in [0.25, 0.3) is 0 Å². The molecule has 144 valence electrons. The molecule has 0 spiro atoms. The van der Waals surface area contributed by atoms with Crippen LogP contribution in [-0.2, 0) is 4.79 Å². The average Bonchev–Trinajstić information content (AvgIpc) is 3.22. The van der Waals surface area contributed by atoms with Crippen LogP contribution in [0.2, 0.25) is 0 Å². The summed E-state index contributed by atoms with van der Waals surface area (Å²) in [5, 5.41) is 3.33. The van der Waals surface area contributed by atoms with Crippen molar-refractivity contribution in [1.82, 2.24) is 0 Å². The summed E-state index contributed by atoms with van der Waals surface area (Å²) >= 11 is 0. The van der Waals surface area contributed by atoms with Crippen LogP contribution in [0.3, 0.4) is 0 Å². The van der Waals surface area contributed by atoms with Gasteiger partial charge in [0.1, 0.15) is 0 Å². The molecule has 2 heteroatoms. The smallest absolute Gasteiger partial charge is 0.230 e. The Morgan fingerprint density at radius 3 is 2.04 bits per heavy atom. The minimum atomic E-state index is -0.211. The molecule has 2 nitrogen and oxygen atoms in total. The maximum absolute atomic E-state index is 12.9. The molecule has 3 rings (SSSR count). The number of hydrogen-bond donors (Lipinski definition) is 1. The van der Waals surface area contributed by atoms with Gasteiger partial charge in [-0.25, -0.2) is 0 Å². The van der Waals surface area contributed by atoms with Crippen LogP contribution in [0.15, 0.2) is 36.4 Å². The van der Waals surface area contributed by atoms with Gasteiger partial charge in [0.05, 0.1) is 0 Å². The van der Waals surface area contributed by atoms with Crippen molar-refractivity contribution < 1.29 is 4.79 Å². The number of hydrogen-bond acceptors (Lipinski definition) is 1. The number of aryl methyl sites for hydroxylation is 1. The van der Waals surface area contributed by atoms with Crippen molar-refractivity contribution in [3.63, 3.8) is 0 Å². The summed E-state index contributed by atoms with van der Waals surface area (Å²) < 4.78 is 0. The number of carbonyl (C=O) groups is 1. The van der Waals surface area contributed by atoms with Crippen molar-refractivity contribution in [3.05, 3.63) is 53.1 Å². The zero-order chi connectivity index (χ0) is 19.9. The first-order chi connectivity index (χ1) is 12.6.